The molecule has 2 aromatic heterocycles. The van der Waals surface area contributed by atoms with E-state index in [9.17, 15) is 0 Å². The zero-order chi connectivity index (χ0) is 18.1. The summed E-state index contributed by atoms with van der Waals surface area (Å²) >= 11 is 8.02. The molecule has 0 N–H and O–H groups in total. The van der Waals surface area contributed by atoms with E-state index in [1.54, 1.807) is 11.3 Å². The fraction of sp³-hybridized carbons (Fsp3) is 0.136. The van der Waals surface area contributed by atoms with Crippen LogP contribution in [0.15, 0.2) is 79.7 Å². The molecule has 4 heteroatoms. The van der Waals surface area contributed by atoms with E-state index >= 15 is 0 Å². The molecule has 0 amide bonds. The van der Waals surface area contributed by atoms with Crippen molar-refractivity contribution in [3.05, 3.63) is 100.0 Å². The monoisotopic (exact) mass is 378 g/mol. The molecule has 4 rings (SSSR count). The van der Waals surface area contributed by atoms with Crippen LogP contribution in [0.2, 0.25) is 4.34 Å². The zero-order valence-electron chi connectivity index (χ0n) is 14.4. The Hall–Kier alpha value is -2.36. The van der Waals surface area contributed by atoms with Gasteiger partial charge in [-0.05, 0) is 35.4 Å². The number of allylic oxidation sites excluding steroid dienone is 1. The highest BCUT2D eigenvalue weighted by molar-refractivity contribution is 7.16. The van der Waals surface area contributed by atoms with E-state index in [2.05, 4.69) is 59.4 Å². The Labute approximate surface area is 163 Å². The predicted molar refractivity (Wildman–Crippen MR) is 111 cm³/mol. The number of nitrogens with zero attached hydrogens (tertiary/aromatic N) is 2. The quantitative estimate of drug-likeness (QED) is 0.509. The van der Waals surface area contributed by atoms with E-state index in [0.717, 1.165) is 34.4 Å². The molecule has 0 saturated carbocycles. The number of aromatic nitrogens is 1. The summed E-state index contributed by atoms with van der Waals surface area (Å²) in [7, 11) is 0. The summed E-state index contributed by atoms with van der Waals surface area (Å²) in [4.78, 5) is 8.14. The van der Waals surface area contributed by atoms with Crippen LogP contribution in [0.3, 0.4) is 0 Å². The lowest BCUT2D eigenvalue weighted by Crippen LogP contribution is -2.32. The summed E-state index contributed by atoms with van der Waals surface area (Å²) in [5.41, 5.74) is 5.68. The fourth-order valence-corrected chi connectivity index (χ4v) is 4.91. The van der Waals surface area contributed by atoms with Crippen LogP contribution in [-0.2, 0) is 6.54 Å². The van der Waals surface area contributed by atoms with Crippen LogP contribution in [0.5, 0.6) is 0 Å². The summed E-state index contributed by atoms with van der Waals surface area (Å²) in [6.45, 7) is 9.73. The topological polar surface area (TPSA) is 16.1 Å². The average Bonchev–Trinajstić information content (AvgIpc) is 3.07. The SMILES string of the molecule is C=CC(=C)N1Cc2sc(Cl)cc2C(c2ccccc2-c2ccccn2)C1. The molecule has 1 unspecified atom stereocenters. The fourth-order valence-electron chi connectivity index (χ4n) is 3.55. The van der Waals surface area contributed by atoms with Crippen molar-refractivity contribution >= 4 is 22.9 Å². The highest BCUT2D eigenvalue weighted by atomic mass is 35.5. The molecule has 1 aliphatic rings. The van der Waals surface area contributed by atoms with Crippen molar-refractivity contribution in [2.45, 2.75) is 12.5 Å². The van der Waals surface area contributed by atoms with Crippen molar-refractivity contribution in [2.75, 3.05) is 6.54 Å². The third kappa shape index (κ3) is 3.09. The van der Waals surface area contributed by atoms with Crippen LogP contribution in [-0.4, -0.2) is 16.4 Å². The number of hydrogen-bond donors (Lipinski definition) is 0. The lowest BCUT2D eigenvalue weighted by Gasteiger charge is -2.35. The summed E-state index contributed by atoms with van der Waals surface area (Å²) in [5, 5.41) is 0. The molecule has 0 fully saturated rings. The van der Waals surface area contributed by atoms with Gasteiger partial charge in [0.2, 0.25) is 0 Å². The van der Waals surface area contributed by atoms with E-state index < -0.39 is 0 Å². The van der Waals surface area contributed by atoms with Crippen LogP contribution < -0.4 is 0 Å². The molecule has 1 aromatic carbocycles. The molecular formula is C22H19ClN2S. The van der Waals surface area contributed by atoms with Gasteiger partial charge in [0.1, 0.15) is 0 Å². The van der Waals surface area contributed by atoms with E-state index in [-0.39, 0.29) is 5.92 Å². The van der Waals surface area contributed by atoms with Crippen LogP contribution in [0, 0.1) is 0 Å². The largest absolute Gasteiger partial charge is 0.366 e. The van der Waals surface area contributed by atoms with Crippen LogP contribution in [0.1, 0.15) is 21.9 Å². The third-order valence-corrected chi connectivity index (χ3v) is 6.11. The Balaban J connectivity index is 1.84. The standard InChI is InChI=1S/C22H19ClN2S/c1-3-15(2)25-13-19(18-12-22(23)26-21(18)14-25)16-8-4-5-9-17(16)20-10-6-7-11-24-20/h3-12,19H,1-2,13-14H2. The molecule has 26 heavy (non-hydrogen) atoms. The molecule has 2 nitrogen and oxygen atoms in total. The molecule has 1 atom stereocenters. The number of benzene rings is 1. The maximum Gasteiger partial charge on any atom is 0.0934 e. The van der Waals surface area contributed by atoms with Gasteiger partial charge in [0, 0.05) is 34.8 Å². The Morgan fingerprint density at radius 2 is 2.00 bits per heavy atom. The van der Waals surface area contributed by atoms with Crippen molar-refractivity contribution in [2.24, 2.45) is 0 Å². The van der Waals surface area contributed by atoms with Crippen molar-refractivity contribution in [3.8, 4) is 11.3 Å². The minimum Gasteiger partial charge on any atom is -0.366 e. The third-order valence-electron chi connectivity index (χ3n) is 4.84. The molecule has 130 valence electrons. The van der Waals surface area contributed by atoms with Gasteiger partial charge in [-0.15, -0.1) is 11.3 Å². The van der Waals surface area contributed by atoms with E-state index in [4.69, 9.17) is 11.6 Å². The summed E-state index contributed by atoms with van der Waals surface area (Å²) in [6.07, 6.45) is 3.66. The lowest BCUT2D eigenvalue weighted by molar-refractivity contribution is 0.319. The number of hydrogen-bond acceptors (Lipinski definition) is 3. The maximum atomic E-state index is 6.37. The van der Waals surface area contributed by atoms with Crippen LogP contribution in [0.4, 0.5) is 0 Å². The second-order valence-electron chi connectivity index (χ2n) is 6.36. The smallest absolute Gasteiger partial charge is 0.0934 e. The molecule has 0 bridgehead atoms. The van der Waals surface area contributed by atoms with Crippen molar-refractivity contribution in [1.82, 2.24) is 9.88 Å². The molecule has 0 saturated heterocycles. The minimum atomic E-state index is 0.220. The van der Waals surface area contributed by atoms with Crippen molar-refractivity contribution < 1.29 is 0 Å². The molecular weight excluding hydrogens is 360 g/mol. The van der Waals surface area contributed by atoms with Gasteiger partial charge in [-0.25, -0.2) is 0 Å². The lowest BCUT2D eigenvalue weighted by atomic mass is 9.84. The predicted octanol–water partition coefficient (Wildman–Crippen LogP) is 6.11. The minimum absolute atomic E-state index is 0.220. The Morgan fingerprint density at radius 3 is 2.77 bits per heavy atom. The van der Waals surface area contributed by atoms with E-state index in [1.165, 1.54) is 16.0 Å². The van der Waals surface area contributed by atoms with Gasteiger partial charge in [0.15, 0.2) is 0 Å². The summed E-state index contributed by atoms with van der Waals surface area (Å²) < 4.78 is 0.835. The van der Waals surface area contributed by atoms with E-state index in [1.807, 2.05) is 24.4 Å². The van der Waals surface area contributed by atoms with Crippen molar-refractivity contribution in [3.63, 3.8) is 0 Å². The Morgan fingerprint density at radius 1 is 1.19 bits per heavy atom. The molecule has 0 spiro atoms. The summed E-state index contributed by atoms with van der Waals surface area (Å²) in [6, 6.07) is 16.7. The molecule has 3 aromatic rings. The number of halogens is 1. The molecule has 0 radical (unpaired) electrons. The Kier molecular flexibility index (Phi) is 4.66. The first kappa shape index (κ1) is 17.1. The molecule has 3 heterocycles. The maximum absolute atomic E-state index is 6.37. The second-order valence-corrected chi connectivity index (χ2v) is 8.13. The van der Waals surface area contributed by atoms with Crippen LogP contribution in [0.25, 0.3) is 11.3 Å². The Bertz CT molecular complexity index is 961. The first-order valence-electron chi connectivity index (χ1n) is 8.52. The highest BCUT2D eigenvalue weighted by Gasteiger charge is 2.30. The highest BCUT2D eigenvalue weighted by Crippen LogP contribution is 2.43. The number of rotatable bonds is 4. The number of pyridine rings is 1. The van der Waals surface area contributed by atoms with E-state index in [0.29, 0.717) is 0 Å². The normalized spacial score (nSPS) is 16.2. The first-order chi connectivity index (χ1) is 12.7. The molecule has 0 aliphatic carbocycles. The second kappa shape index (κ2) is 7.10. The number of fused-ring (bicyclic) bond motifs is 1. The van der Waals surface area contributed by atoms with Crippen LogP contribution >= 0.6 is 22.9 Å². The van der Waals surface area contributed by atoms with Gasteiger partial charge < -0.3 is 4.90 Å². The van der Waals surface area contributed by atoms with Gasteiger partial charge in [-0.2, -0.15) is 0 Å². The van der Waals surface area contributed by atoms with Gasteiger partial charge in [0.05, 0.1) is 16.6 Å². The van der Waals surface area contributed by atoms with Gasteiger partial charge in [0.25, 0.3) is 0 Å². The summed E-state index contributed by atoms with van der Waals surface area (Å²) in [5.74, 6) is 0.220. The first-order valence-corrected chi connectivity index (χ1v) is 9.71. The number of thiophene rings is 1. The average molecular weight is 379 g/mol. The van der Waals surface area contributed by atoms with Gasteiger partial charge in [-0.1, -0.05) is 55.1 Å². The van der Waals surface area contributed by atoms with Gasteiger partial charge >= 0.3 is 0 Å². The molecule has 1 aliphatic heterocycles. The zero-order valence-corrected chi connectivity index (χ0v) is 15.9. The van der Waals surface area contributed by atoms with Gasteiger partial charge in [-0.3, -0.25) is 4.98 Å². The van der Waals surface area contributed by atoms with Crippen molar-refractivity contribution in [1.29, 1.82) is 0 Å².